The molecule has 1 aromatic heterocycles. The van der Waals surface area contributed by atoms with Crippen LogP contribution in [0.25, 0.3) is 0 Å². The highest BCUT2D eigenvalue weighted by Crippen LogP contribution is 2.25. The first-order valence-electron chi connectivity index (χ1n) is 7.36. The zero-order chi connectivity index (χ0) is 18.4. The van der Waals surface area contributed by atoms with Crippen molar-refractivity contribution in [3.63, 3.8) is 0 Å². The highest BCUT2D eigenvalue weighted by atomic mass is 35.5. The predicted octanol–water partition coefficient (Wildman–Crippen LogP) is 3.65. The summed E-state index contributed by atoms with van der Waals surface area (Å²) >= 11 is 11.8. The van der Waals surface area contributed by atoms with Crippen LogP contribution in [-0.2, 0) is 14.3 Å². The number of hydrogen-bond donors (Lipinski definition) is 1. The van der Waals surface area contributed by atoms with Crippen LogP contribution in [0.5, 0.6) is 5.75 Å². The van der Waals surface area contributed by atoms with Gasteiger partial charge in [-0.3, -0.25) is 4.79 Å². The van der Waals surface area contributed by atoms with E-state index in [4.69, 9.17) is 32.7 Å². The molecule has 2 rings (SSSR count). The third-order valence-electron chi connectivity index (χ3n) is 3.13. The van der Waals surface area contributed by atoms with Gasteiger partial charge in [0.25, 0.3) is 5.91 Å². The largest absolute Gasteiger partial charge is 0.480 e. The van der Waals surface area contributed by atoms with Gasteiger partial charge in [0.1, 0.15) is 5.75 Å². The maximum atomic E-state index is 12.0. The molecule has 0 bridgehead atoms. The lowest BCUT2D eigenvalue weighted by molar-refractivity contribution is -0.155. The van der Waals surface area contributed by atoms with Crippen molar-refractivity contribution in [3.05, 3.63) is 52.3 Å². The summed E-state index contributed by atoms with van der Waals surface area (Å²) in [6.07, 6.45) is 0.468. The van der Waals surface area contributed by atoms with E-state index < -0.39 is 18.0 Å². The molecule has 1 aromatic carbocycles. The van der Waals surface area contributed by atoms with Crippen LogP contribution in [0, 0.1) is 6.92 Å². The van der Waals surface area contributed by atoms with Crippen LogP contribution in [0.2, 0.25) is 10.2 Å². The summed E-state index contributed by atoms with van der Waals surface area (Å²) in [6.45, 7) is 2.95. The summed E-state index contributed by atoms with van der Waals surface area (Å²) in [4.78, 5) is 27.7. The van der Waals surface area contributed by atoms with E-state index >= 15 is 0 Å². The Morgan fingerprint density at radius 3 is 2.76 bits per heavy atom. The van der Waals surface area contributed by atoms with Gasteiger partial charge >= 0.3 is 5.97 Å². The molecule has 0 fully saturated rings. The van der Waals surface area contributed by atoms with Crippen LogP contribution in [0.15, 0.2) is 36.5 Å². The lowest BCUT2D eigenvalue weighted by Gasteiger charge is -2.14. The Balaban J connectivity index is 1.86. The Bertz CT molecular complexity index is 783. The summed E-state index contributed by atoms with van der Waals surface area (Å²) in [5, 5.41) is 3.06. The summed E-state index contributed by atoms with van der Waals surface area (Å²) in [5.41, 5.74) is 1.27. The molecule has 0 spiro atoms. The highest BCUT2D eigenvalue weighted by molar-refractivity contribution is 6.32. The van der Waals surface area contributed by atoms with Crippen LogP contribution in [0.3, 0.4) is 0 Å². The zero-order valence-electron chi connectivity index (χ0n) is 13.6. The number of hydrogen-bond acceptors (Lipinski definition) is 5. The quantitative estimate of drug-likeness (QED) is 0.609. The van der Waals surface area contributed by atoms with Crippen molar-refractivity contribution in [2.24, 2.45) is 0 Å². The molecular weight excluding hydrogens is 367 g/mol. The minimum atomic E-state index is -1.03. The number of carbonyl (C=O) groups is 2. The van der Waals surface area contributed by atoms with Gasteiger partial charge in [0.15, 0.2) is 17.9 Å². The van der Waals surface area contributed by atoms with E-state index in [-0.39, 0.29) is 11.8 Å². The summed E-state index contributed by atoms with van der Waals surface area (Å²) < 4.78 is 10.4. The van der Waals surface area contributed by atoms with Crippen molar-refractivity contribution in [3.8, 4) is 5.75 Å². The number of nitrogens with zero attached hydrogens (tertiary/aromatic N) is 1. The minimum Gasteiger partial charge on any atom is -0.480 e. The molecule has 8 heteroatoms. The second-order valence-corrected chi connectivity index (χ2v) is 5.95. The third-order valence-corrected chi connectivity index (χ3v) is 3.74. The molecule has 1 heterocycles. The van der Waals surface area contributed by atoms with Crippen molar-refractivity contribution < 1.29 is 19.1 Å². The summed E-state index contributed by atoms with van der Waals surface area (Å²) in [5.74, 6) is -0.854. The number of rotatable bonds is 6. The first kappa shape index (κ1) is 19.0. The monoisotopic (exact) mass is 382 g/mol. The van der Waals surface area contributed by atoms with E-state index in [1.165, 1.54) is 13.1 Å². The van der Waals surface area contributed by atoms with E-state index in [0.717, 1.165) is 5.56 Å². The van der Waals surface area contributed by atoms with Crippen molar-refractivity contribution in [1.29, 1.82) is 0 Å². The Kier molecular flexibility index (Phi) is 6.61. The zero-order valence-corrected chi connectivity index (χ0v) is 15.1. The van der Waals surface area contributed by atoms with Crippen molar-refractivity contribution in [1.82, 2.24) is 4.98 Å². The lowest BCUT2D eigenvalue weighted by Crippen LogP contribution is -2.31. The molecule has 1 atom stereocenters. The average Bonchev–Trinajstić information content (AvgIpc) is 2.57. The molecule has 0 radical (unpaired) electrons. The summed E-state index contributed by atoms with van der Waals surface area (Å²) in [6, 6.07) is 8.41. The first-order valence-corrected chi connectivity index (χ1v) is 8.12. The predicted molar refractivity (Wildman–Crippen MR) is 95.1 cm³/mol. The fourth-order valence-electron chi connectivity index (χ4n) is 1.86. The maximum absolute atomic E-state index is 12.0. The molecule has 0 aliphatic rings. The van der Waals surface area contributed by atoms with E-state index in [1.807, 2.05) is 13.0 Å². The van der Waals surface area contributed by atoms with Gasteiger partial charge in [0.2, 0.25) is 0 Å². The molecule has 1 N–H and O–H groups in total. The molecule has 1 amide bonds. The molecule has 0 aliphatic heterocycles. The first-order chi connectivity index (χ1) is 11.9. The van der Waals surface area contributed by atoms with Crippen LogP contribution >= 0.6 is 23.2 Å². The number of esters is 1. The van der Waals surface area contributed by atoms with Gasteiger partial charge in [0, 0.05) is 6.20 Å². The Morgan fingerprint density at radius 2 is 2.04 bits per heavy atom. The van der Waals surface area contributed by atoms with Gasteiger partial charge in [-0.05, 0) is 43.7 Å². The third kappa shape index (κ3) is 5.62. The number of carbonyl (C=O) groups excluding carboxylic acids is 2. The lowest BCUT2D eigenvalue weighted by atomic mass is 10.2. The molecule has 132 valence electrons. The fourth-order valence-corrected chi connectivity index (χ4v) is 2.19. The topological polar surface area (TPSA) is 77.5 Å². The Labute approximate surface area is 155 Å². The van der Waals surface area contributed by atoms with Crippen molar-refractivity contribution in [2.75, 3.05) is 11.9 Å². The van der Waals surface area contributed by atoms with Gasteiger partial charge in [-0.1, -0.05) is 29.3 Å². The maximum Gasteiger partial charge on any atom is 0.344 e. The van der Waals surface area contributed by atoms with Gasteiger partial charge < -0.3 is 14.8 Å². The number of aryl methyl sites for hydroxylation is 1. The van der Waals surface area contributed by atoms with Crippen LogP contribution in [0.4, 0.5) is 5.69 Å². The molecule has 25 heavy (non-hydrogen) atoms. The van der Waals surface area contributed by atoms with Crippen LogP contribution < -0.4 is 10.1 Å². The molecular formula is C17H16Cl2N2O4. The smallest absolute Gasteiger partial charge is 0.344 e. The number of nitrogens with one attached hydrogen (secondary N) is 1. The van der Waals surface area contributed by atoms with E-state index in [2.05, 4.69) is 10.3 Å². The van der Waals surface area contributed by atoms with Crippen molar-refractivity contribution >= 4 is 40.8 Å². The molecule has 0 aliphatic carbocycles. The number of aromatic nitrogens is 1. The van der Waals surface area contributed by atoms with Crippen LogP contribution in [-0.4, -0.2) is 29.6 Å². The molecule has 0 saturated heterocycles. The molecule has 2 aromatic rings. The van der Waals surface area contributed by atoms with Gasteiger partial charge in [-0.2, -0.15) is 0 Å². The van der Waals surface area contributed by atoms with Gasteiger partial charge in [0.05, 0.1) is 10.7 Å². The Morgan fingerprint density at radius 1 is 1.28 bits per heavy atom. The van der Waals surface area contributed by atoms with Gasteiger partial charge in [-0.15, -0.1) is 0 Å². The normalized spacial score (nSPS) is 11.5. The van der Waals surface area contributed by atoms with Crippen LogP contribution in [0.1, 0.15) is 12.5 Å². The standard InChI is InChI=1S/C17H16Cl2N2O4/c1-10-5-6-12(18)14(8-10)24-9-15(22)25-11(2)17(23)21-13-4-3-7-20-16(13)19/h3-8,11H,9H2,1-2H3,(H,21,23)/t11-/m1/s1. The highest BCUT2D eigenvalue weighted by Gasteiger charge is 2.19. The number of ether oxygens (including phenoxy) is 2. The van der Waals surface area contributed by atoms with Crippen molar-refractivity contribution in [2.45, 2.75) is 20.0 Å². The second-order valence-electron chi connectivity index (χ2n) is 5.19. The molecule has 0 saturated carbocycles. The number of halogens is 2. The number of amides is 1. The minimum absolute atomic E-state index is 0.145. The second kappa shape index (κ2) is 8.69. The van der Waals surface area contributed by atoms with E-state index in [1.54, 1.807) is 24.3 Å². The average molecular weight is 383 g/mol. The number of anilines is 1. The van der Waals surface area contributed by atoms with E-state index in [0.29, 0.717) is 16.5 Å². The SMILES string of the molecule is Cc1ccc(Cl)c(OCC(=O)O[C@H](C)C(=O)Nc2cccnc2Cl)c1. The molecule has 0 unspecified atom stereocenters. The number of pyridine rings is 1. The number of benzene rings is 1. The Hall–Kier alpha value is -2.31. The van der Waals surface area contributed by atoms with E-state index in [9.17, 15) is 9.59 Å². The summed E-state index contributed by atoms with van der Waals surface area (Å²) in [7, 11) is 0. The molecule has 6 nitrogen and oxygen atoms in total. The van der Waals surface area contributed by atoms with Gasteiger partial charge in [-0.25, -0.2) is 9.78 Å². The fraction of sp³-hybridized carbons (Fsp3) is 0.235.